The molecule has 1 heterocycles. The molecule has 2 aromatic carbocycles. The minimum atomic E-state index is -3.70. The van der Waals surface area contributed by atoms with Crippen LogP contribution in [0.25, 0.3) is 0 Å². The summed E-state index contributed by atoms with van der Waals surface area (Å²) in [5, 5.41) is 3.19. The summed E-state index contributed by atoms with van der Waals surface area (Å²) in [4.78, 5) is 5.16. The van der Waals surface area contributed by atoms with Crippen LogP contribution in [0.3, 0.4) is 0 Å². The van der Waals surface area contributed by atoms with Gasteiger partial charge in [-0.2, -0.15) is 0 Å². The lowest BCUT2D eigenvalue weighted by Crippen LogP contribution is -2.31. The largest absolute Gasteiger partial charge is 0.379 e. The number of nitrogens with zero attached hydrogens (tertiary/aromatic N) is 2. The number of para-hydroxylation sites is 2. The molecule has 0 saturated heterocycles. The Morgan fingerprint density at radius 3 is 2.46 bits per heavy atom. The Bertz CT molecular complexity index is 975. The van der Waals surface area contributed by atoms with Gasteiger partial charge in [0, 0.05) is 17.6 Å². The summed E-state index contributed by atoms with van der Waals surface area (Å²) in [6.45, 7) is 2.61. The van der Waals surface area contributed by atoms with E-state index in [2.05, 4.69) is 10.3 Å². The van der Waals surface area contributed by atoms with Gasteiger partial charge in [0.25, 0.3) is 10.0 Å². The highest BCUT2D eigenvalue weighted by atomic mass is 35.5. The van der Waals surface area contributed by atoms with Crippen molar-refractivity contribution >= 4 is 44.3 Å². The molecule has 0 atom stereocenters. The van der Waals surface area contributed by atoms with E-state index in [0.717, 1.165) is 4.88 Å². The second-order valence-corrected chi connectivity index (χ2v) is 8.96. The molecule has 0 aliphatic carbocycles. The van der Waals surface area contributed by atoms with Gasteiger partial charge in [-0.25, -0.2) is 13.4 Å². The van der Waals surface area contributed by atoms with Gasteiger partial charge in [0.15, 0.2) is 4.47 Å². The van der Waals surface area contributed by atoms with Crippen molar-refractivity contribution in [2.24, 2.45) is 0 Å². The first-order valence-electron chi connectivity index (χ1n) is 8.03. The van der Waals surface area contributed by atoms with Crippen LogP contribution in [-0.2, 0) is 16.6 Å². The second-order valence-electron chi connectivity index (χ2n) is 5.43. The molecule has 3 rings (SSSR count). The van der Waals surface area contributed by atoms with E-state index in [1.54, 1.807) is 42.6 Å². The molecule has 0 spiro atoms. The van der Waals surface area contributed by atoms with E-state index in [4.69, 9.17) is 11.6 Å². The first-order valence-corrected chi connectivity index (χ1v) is 10.7. The van der Waals surface area contributed by atoms with Crippen molar-refractivity contribution in [3.8, 4) is 0 Å². The number of halogens is 1. The fourth-order valence-corrected chi connectivity index (χ4v) is 5.15. The van der Waals surface area contributed by atoms with Crippen LogP contribution in [0.2, 0.25) is 4.47 Å². The highest BCUT2D eigenvalue weighted by Gasteiger charge is 2.26. The van der Waals surface area contributed by atoms with Crippen molar-refractivity contribution in [2.45, 2.75) is 18.4 Å². The van der Waals surface area contributed by atoms with Crippen molar-refractivity contribution in [3.63, 3.8) is 0 Å². The zero-order valence-electron chi connectivity index (χ0n) is 14.1. The fraction of sp³-hybridized carbons (Fsp3) is 0.167. The average molecular weight is 408 g/mol. The first-order chi connectivity index (χ1) is 12.5. The van der Waals surface area contributed by atoms with Crippen LogP contribution in [-0.4, -0.2) is 19.9 Å². The molecule has 0 saturated carbocycles. The topological polar surface area (TPSA) is 62.3 Å². The molecular formula is C18H18ClN3O2S2. The number of hydrogen-bond donors (Lipinski definition) is 1. The molecule has 0 aliphatic heterocycles. The van der Waals surface area contributed by atoms with Crippen molar-refractivity contribution in [1.29, 1.82) is 0 Å². The summed E-state index contributed by atoms with van der Waals surface area (Å²) in [5.41, 5.74) is 1.19. The van der Waals surface area contributed by atoms with Crippen molar-refractivity contribution in [1.82, 2.24) is 4.98 Å². The molecule has 0 aliphatic rings. The van der Waals surface area contributed by atoms with Gasteiger partial charge < -0.3 is 5.32 Å². The van der Waals surface area contributed by atoms with Gasteiger partial charge in [-0.1, -0.05) is 41.9 Å². The van der Waals surface area contributed by atoms with Crippen LogP contribution in [0.4, 0.5) is 11.4 Å². The summed E-state index contributed by atoms with van der Waals surface area (Å²) in [7, 11) is -3.70. The Kier molecular flexibility index (Phi) is 5.80. The van der Waals surface area contributed by atoms with Gasteiger partial charge >= 0.3 is 0 Å². The molecule has 1 N–H and O–H groups in total. The van der Waals surface area contributed by atoms with Crippen molar-refractivity contribution < 1.29 is 8.42 Å². The molecule has 0 bridgehead atoms. The number of thiazole rings is 1. The monoisotopic (exact) mass is 407 g/mol. The van der Waals surface area contributed by atoms with Gasteiger partial charge in [0.1, 0.15) is 4.90 Å². The number of benzene rings is 2. The number of rotatable bonds is 7. The van der Waals surface area contributed by atoms with Gasteiger partial charge in [0.05, 0.1) is 17.9 Å². The molecule has 3 aromatic rings. The molecule has 0 unspecified atom stereocenters. The lowest BCUT2D eigenvalue weighted by atomic mass is 10.3. The molecule has 0 amide bonds. The maximum absolute atomic E-state index is 13.3. The minimum Gasteiger partial charge on any atom is -0.379 e. The van der Waals surface area contributed by atoms with Gasteiger partial charge in [-0.05, 0) is 31.2 Å². The first kappa shape index (κ1) is 18.7. The Balaban J connectivity index is 1.92. The van der Waals surface area contributed by atoms with Crippen LogP contribution in [0, 0.1) is 0 Å². The van der Waals surface area contributed by atoms with E-state index in [1.165, 1.54) is 15.6 Å². The Morgan fingerprint density at radius 1 is 1.12 bits per heavy atom. The number of sulfonamides is 1. The smallest absolute Gasteiger partial charge is 0.266 e. The molecule has 0 fully saturated rings. The van der Waals surface area contributed by atoms with Crippen LogP contribution in [0.1, 0.15) is 11.8 Å². The van der Waals surface area contributed by atoms with E-state index >= 15 is 0 Å². The fourth-order valence-electron chi connectivity index (χ4n) is 2.59. The van der Waals surface area contributed by atoms with Crippen LogP contribution in [0.5, 0.6) is 0 Å². The van der Waals surface area contributed by atoms with Crippen LogP contribution >= 0.6 is 22.9 Å². The van der Waals surface area contributed by atoms with E-state index in [0.29, 0.717) is 28.9 Å². The Hall–Kier alpha value is -2.09. The second kappa shape index (κ2) is 8.07. The molecule has 1 aromatic heterocycles. The predicted molar refractivity (Wildman–Crippen MR) is 108 cm³/mol. The van der Waals surface area contributed by atoms with Crippen molar-refractivity contribution in [3.05, 3.63) is 70.1 Å². The third kappa shape index (κ3) is 4.00. The Morgan fingerprint density at radius 2 is 1.81 bits per heavy atom. The summed E-state index contributed by atoms with van der Waals surface area (Å²) < 4.78 is 28.4. The predicted octanol–water partition coefficient (Wildman–Crippen LogP) is 4.62. The summed E-state index contributed by atoms with van der Waals surface area (Å²) in [6, 6.07) is 16.0. The summed E-state index contributed by atoms with van der Waals surface area (Å²) in [6.07, 6.45) is 1.68. The lowest BCUT2D eigenvalue weighted by molar-refractivity contribution is 0.592. The third-order valence-corrected chi connectivity index (χ3v) is 6.84. The number of aromatic nitrogens is 1. The van der Waals surface area contributed by atoms with E-state index in [9.17, 15) is 8.42 Å². The number of hydrogen-bond acceptors (Lipinski definition) is 5. The maximum atomic E-state index is 13.3. The lowest BCUT2D eigenvalue weighted by Gasteiger charge is -2.24. The Labute approximate surface area is 162 Å². The van der Waals surface area contributed by atoms with Gasteiger partial charge in [-0.3, -0.25) is 4.31 Å². The maximum Gasteiger partial charge on any atom is 0.266 e. The minimum absolute atomic E-state index is 0.237. The van der Waals surface area contributed by atoms with Crippen LogP contribution < -0.4 is 9.62 Å². The van der Waals surface area contributed by atoms with E-state index < -0.39 is 10.0 Å². The number of nitrogens with one attached hydrogen (secondary N) is 1. The van der Waals surface area contributed by atoms with E-state index in [-0.39, 0.29) is 4.90 Å². The SMILES string of the molecule is CCN(c1ccccc1)S(=O)(=O)c1ccccc1NCc1cnc(Cl)s1. The highest BCUT2D eigenvalue weighted by Crippen LogP contribution is 2.29. The third-order valence-electron chi connectivity index (χ3n) is 3.76. The quantitative estimate of drug-likeness (QED) is 0.620. The molecule has 0 radical (unpaired) electrons. The zero-order valence-corrected chi connectivity index (χ0v) is 16.5. The summed E-state index contributed by atoms with van der Waals surface area (Å²) >= 11 is 7.21. The molecular weight excluding hydrogens is 390 g/mol. The highest BCUT2D eigenvalue weighted by molar-refractivity contribution is 7.93. The van der Waals surface area contributed by atoms with Gasteiger partial charge in [-0.15, -0.1) is 11.3 Å². The number of anilines is 2. The van der Waals surface area contributed by atoms with E-state index in [1.807, 2.05) is 25.1 Å². The zero-order chi connectivity index (χ0) is 18.6. The molecule has 26 heavy (non-hydrogen) atoms. The molecule has 5 nitrogen and oxygen atoms in total. The van der Waals surface area contributed by atoms with Crippen LogP contribution in [0.15, 0.2) is 65.7 Å². The van der Waals surface area contributed by atoms with Gasteiger partial charge in [0.2, 0.25) is 0 Å². The van der Waals surface area contributed by atoms with Crippen molar-refractivity contribution in [2.75, 3.05) is 16.2 Å². The summed E-state index contributed by atoms with van der Waals surface area (Å²) in [5.74, 6) is 0. The normalized spacial score (nSPS) is 11.3. The molecule has 136 valence electrons. The molecule has 8 heteroatoms. The standard InChI is InChI=1S/C18H18ClN3O2S2/c1-2-22(14-8-4-3-5-9-14)26(23,24)17-11-7-6-10-16(17)20-12-15-13-21-18(19)25-15/h3-11,13,20H,2,12H2,1H3. The average Bonchev–Trinajstić information content (AvgIpc) is 3.07.